The van der Waals surface area contributed by atoms with Gasteiger partial charge >= 0.3 is 0 Å². The van der Waals surface area contributed by atoms with Crippen molar-refractivity contribution in [2.45, 2.75) is 70.3 Å². The largest absolute Gasteiger partial charge is 0.343 e. The zero-order valence-electron chi connectivity index (χ0n) is 23.1. The van der Waals surface area contributed by atoms with E-state index < -0.39 is 5.82 Å². The molecule has 0 atom stereocenters. The van der Waals surface area contributed by atoms with E-state index in [1.54, 1.807) is 37.3 Å². The molecule has 2 N–H and O–H groups in total. The van der Waals surface area contributed by atoms with Crippen LogP contribution in [-0.2, 0) is 4.79 Å². The number of aliphatic imine (C=N–C) groups is 1. The van der Waals surface area contributed by atoms with Crippen molar-refractivity contribution in [1.82, 2.24) is 19.4 Å². The number of hydrogen-bond donors (Lipinski definition) is 2. The van der Waals surface area contributed by atoms with Gasteiger partial charge in [0.2, 0.25) is 11.9 Å². The van der Waals surface area contributed by atoms with Crippen molar-refractivity contribution in [1.29, 1.82) is 0 Å². The molecule has 0 saturated heterocycles. The lowest BCUT2D eigenvalue weighted by molar-refractivity contribution is -0.116. The Morgan fingerprint density at radius 1 is 1.15 bits per heavy atom. The number of nitrogens with one attached hydrogen (secondary N) is 2. The highest BCUT2D eigenvalue weighted by atomic mass is 32.1. The SMILES string of the molecule is CN(C)C(=O)c1cc2cnc(Nc3ccc(NC(=O)CCCCCCCN=C=S)cc3F)nc2n1C1CCCC1. The lowest BCUT2D eigenvalue weighted by Gasteiger charge is -2.19. The van der Waals surface area contributed by atoms with Crippen molar-refractivity contribution >= 4 is 57.6 Å². The molecule has 40 heavy (non-hydrogen) atoms. The Kier molecular flexibility index (Phi) is 10.3. The van der Waals surface area contributed by atoms with Gasteiger partial charge in [-0.15, -0.1) is 0 Å². The second kappa shape index (κ2) is 14.1. The normalized spacial score (nSPS) is 13.3. The molecular formula is C29H36FN7O2S. The summed E-state index contributed by atoms with van der Waals surface area (Å²) in [6, 6.07) is 6.50. The van der Waals surface area contributed by atoms with Gasteiger partial charge in [-0.2, -0.15) is 4.98 Å². The minimum absolute atomic E-state index is 0.0869. The summed E-state index contributed by atoms with van der Waals surface area (Å²) in [5.41, 5.74) is 1.83. The number of anilines is 3. The number of amides is 2. The van der Waals surface area contributed by atoms with Gasteiger partial charge < -0.3 is 20.1 Å². The topological polar surface area (TPSA) is 105 Å². The quantitative estimate of drug-likeness (QED) is 0.139. The number of rotatable bonds is 13. The predicted octanol–water partition coefficient (Wildman–Crippen LogP) is 6.51. The van der Waals surface area contributed by atoms with Crippen LogP contribution in [0, 0.1) is 5.82 Å². The van der Waals surface area contributed by atoms with Crippen LogP contribution < -0.4 is 10.6 Å². The van der Waals surface area contributed by atoms with E-state index in [2.05, 4.69) is 43.0 Å². The molecule has 1 aliphatic rings. The molecule has 4 rings (SSSR count). The van der Waals surface area contributed by atoms with Gasteiger partial charge in [0.1, 0.15) is 17.2 Å². The number of thiocarbonyl (C=S) groups is 1. The van der Waals surface area contributed by atoms with Crippen LogP contribution in [0.25, 0.3) is 11.0 Å². The molecule has 2 heterocycles. The molecule has 0 radical (unpaired) electrons. The van der Waals surface area contributed by atoms with Gasteiger partial charge in [-0.25, -0.2) is 14.4 Å². The Balaban J connectivity index is 1.39. The number of aromatic nitrogens is 3. The highest BCUT2D eigenvalue weighted by Gasteiger charge is 2.26. The van der Waals surface area contributed by atoms with Gasteiger partial charge in [-0.1, -0.05) is 32.1 Å². The molecule has 3 aromatic rings. The number of carbonyl (C=O) groups is 2. The molecule has 1 fully saturated rings. The summed E-state index contributed by atoms with van der Waals surface area (Å²) in [5.74, 6) is -0.528. The van der Waals surface area contributed by atoms with Crippen LogP contribution in [-0.4, -0.2) is 57.1 Å². The van der Waals surface area contributed by atoms with Crippen LogP contribution >= 0.6 is 12.2 Å². The Bertz CT molecular complexity index is 1390. The van der Waals surface area contributed by atoms with Gasteiger partial charge in [0.25, 0.3) is 5.91 Å². The van der Waals surface area contributed by atoms with Crippen molar-refractivity contribution < 1.29 is 14.0 Å². The van der Waals surface area contributed by atoms with Crippen molar-refractivity contribution in [3.8, 4) is 0 Å². The molecule has 0 spiro atoms. The number of hydrogen-bond acceptors (Lipinski definition) is 7. The third-order valence-corrected chi connectivity index (χ3v) is 7.26. The van der Waals surface area contributed by atoms with E-state index in [1.165, 1.54) is 6.07 Å². The van der Waals surface area contributed by atoms with Crippen LogP contribution in [0.1, 0.15) is 80.7 Å². The summed E-state index contributed by atoms with van der Waals surface area (Å²) >= 11 is 4.54. The van der Waals surface area contributed by atoms with Gasteiger partial charge in [0.05, 0.1) is 10.8 Å². The first-order chi connectivity index (χ1) is 19.4. The fourth-order valence-corrected chi connectivity index (χ4v) is 5.18. The number of isothiocyanates is 1. The Labute approximate surface area is 239 Å². The monoisotopic (exact) mass is 565 g/mol. The van der Waals surface area contributed by atoms with Gasteiger partial charge in [-0.3, -0.25) is 9.59 Å². The first kappa shape index (κ1) is 29.3. The molecule has 0 aliphatic heterocycles. The van der Waals surface area contributed by atoms with Crippen LogP contribution in [0.5, 0.6) is 0 Å². The Morgan fingerprint density at radius 2 is 1.90 bits per heavy atom. The highest BCUT2D eigenvalue weighted by molar-refractivity contribution is 7.78. The molecule has 0 unspecified atom stereocenters. The van der Waals surface area contributed by atoms with Crippen LogP contribution in [0.4, 0.5) is 21.7 Å². The second-order valence-corrected chi connectivity index (χ2v) is 10.6. The summed E-state index contributed by atoms with van der Waals surface area (Å²) < 4.78 is 17.0. The molecule has 2 amide bonds. The highest BCUT2D eigenvalue weighted by Crippen LogP contribution is 2.35. The summed E-state index contributed by atoms with van der Waals surface area (Å²) in [5, 5.41) is 8.84. The summed E-state index contributed by atoms with van der Waals surface area (Å²) in [6.07, 6.45) is 11.0. The average Bonchev–Trinajstić information content (AvgIpc) is 3.59. The summed E-state index contributed by atoms with van der Waals surface area (Å²) in [7, 11) is 3.46. The zero-order chi connectivity index (χ0) is 28.5. The molecule has 1 aliphatic carbocycles. The maximum absolute atomic E-state index is 15.0. The number of nitrogens with zero attached hydrogens (tertiary/aromatic N) is 5. The summed E-state index contributed by atoms with van der Waals surface area (Å²) in [6.45, 7) is 0.702. The first-order valence-corrected chi connectivity index (χ1v) is 14.3. The van der Waals surface area contributed by atoms with E-state index in [4.69, 9.17) is 0 Å². The standard InChI is InChI=1S/C29H36FN7O2S/c1-36(2)28(39)25-16-20-18-32-29(35-27(20)37(25)22-10-7-8-11-22)34-24-14-13-21(17-23(24)30)33-26(38)12-6-4-3-5-9-15-31-19-40/h13-14,16-18,22H,3-12,15H2,1-2H3,(H,33,38)(H,32,34,35). The first-order valence-electron chi connectivity index (χ1n) is 13.9. The fourth-order valence-electron chi connectivity index (χ4n) is 5.08. The predicted molar refractivity (Wildman–Crippen MR) is 159 cm³/mol. The number of unbranched alkanes of at least 4 members (excludes halogenated alkanes) is 4. The van der Waals surface area contributed by atoms with E-state index in [-0.39, 0.29) is 29.5 Å². The fraction of sp³-hybridized carbons (Fsp3) is 0.483. The third-order valence-electron chi connectivity index (χ3n) is 7.13. The summed E-state index contributed by atoms with van der Waals surface area (Å²) in [4.78, 5) is 39.7. The molecule has 0 bridgehead atoms. The Morgan fingerprint density at radius 3 is 2.62 bits per heavy atom. The van der Waals surface area contributed by atoms with Crippen LogP contribution in [0.2, 0.25) is 0 Å². The van der Waals surface area contributed by atoms with E-state index in [9.17, 15) is 14.0 Å². The number of carbonyl (C=O) groups excluding carboxylic acids is 2. The van der Waals surface area contributed by atoms with Gasteiger partial charge in [-0.05, 0) is 62.2 Å². The van der Waals surface area contributed by atoms with Crippen molar-refractivity contribution in [2.24, 2.45) is 4.99 Å². The van der Waals surface area contributed by atoms with E-state index in [1.807, 2.05) is 10.6 Å². The molecule has 11 heteroatoms. The third kappa shape index (κ3) is 7.49. The maximum Gasteiger partial charge on any atom is 0.270 e. The minimum Gasteiger partial charge on any atom is -0.343 e. The minimum atomic E-state index is -0.532. The number of benzene rings is 1. The van der Waals surface area contributed by atoms with Crippen molar-refractivity contribution in [3.05, 3.63) is 42.0 Å². The van der Waals surface area contributed by atoms with Crippen molar-refractivity contribution in [3.63, 3.8) is 0 Å². The van der Waals surface area contributed by atoms with Crippen molar-refractivity contribution in [2.75, 3.05) is 31.3 Å². The molecule has 1 aromatic carbocycles. The van der Waals surface area contributed by atoms with Crippen LogP contribution in [0.3, 0.4) is 0 Å². The number of fused-ring (bicyclic) bond motifs is 1. The zero-order valence-corrected chi connectivity index (χ0v) is 23.9. The van der Waals surface area contributed by atoms with Gasteiger partial charge in [0.15, 0.2) is 0 Å². The molecule has 212 valence electrons. The van der Waals surface area contributed by atoms with E-state index >= 15 is 0 Å². The second-order valence-electron chi connectivity index (χ2n) is 10.4. The van der Waals surface area contributed by atoms with Crippen LogP contribution in [0.15, 0.2) is 35.5 Å². The molecule has 9 nitrogen and oxygen atoms in total. The Hall–Kier alpha value is -3.69. The number of halogens is 1. The van der Waals surface area contributed by atoms with E-state index in [0.717, 1.165) is 63.2 Å². The molecule has 1 saturated carbocycles. The average molecular weight is 566 g/mol. The van der Waals surface area contributed by atoms with Gasteiger partial charge in [0, 0.05) is 50.4 Å². The van der Waals surface area contributed by atoms with E-state index in [0.29, 0.717) is 30.0 Å². The molecule has 2 aromatic heterocycles. The lowest BCUT2D eigenvalue weighted by atomic mass is 10.1. The molecular weight excluding hydrogens is 529 g/mol. The smallest absolute Gasteiger partial charge is 0.270 e. The maximum atomic E-state index is 15.0. The lowest BCUT2D eigenvalue weighted by Crippen LogP contribution is -2.25.